The second-order valence-corrected chi connectivity index (χ2v) is 6.00. The highest BCUT2D eigenvalue weighted by molar-refractivity contribution is 7.87. The summed E-state index contributed by atoms with van der Waals surface area (Å²) in [5, 5.41) is 4.95. The minimum absolute atomic E-state index is 0.0141. The van der Waals surface area contributed by atoms with E-state index >= 15 is 0 Å². The lowest BCUT2D eigenvalue weighted by atomic mass is 10.2. The normalized spacial score (nSPS) is 12.0. The molecule has 2 N–H and O–H groups in total. The van der Waals surface area contributed by atoms with Crippen molar-refractivity contribution < 1.29 is 17.9 Å². The highest BCUT2D eigenvalue weighted by atomic mass is 32.2. The number of nitrogens with zero attached hydrogens (tertiary/aromatic N) is 1. The average Bonchev–Trinajstić information content (AvgIpc) is 2.06. The lowest BCUT2D eigenvalue weighted by molar-refractivity contribution is 0.0390. The fourth-order valence-electron chi connectivity index (χ4n) is 1.01. The summed E-state index contributed by atoms with van der Waals surface area (Å²) in [6, 6.07) is 0. The number of carbonyl (C=O) groups excluding carboxylic acids is 1. The van der Waals surface area contributed by atoms with Crippen molar-refractivity contribution in [1.29, 1.82) is 0 Å². The first-order chi connectivity index (χ1) is 7.58. The van der Waals surface area contributed by atoms with Crippen molar-refractivity contribution in [3.63, 3.8) is 0 Å². The van der Waals surface area contributed by atoms with E-state index in [2.05, 4.69) is 6.58 Å². The number of allylic oxidation sites excluding steroid dienone is 1. The minimum atomic E-state index is -4.09. The first kappa shape index (κ1) is 15.9. The SMILES string of the molecule is C=CCCCN(C(=O)OC(C)(C)C)S(N)(=O)=O. The Kier molecular flexibility index (Phi) is 5.63. The van der Waals surface area contributed by atoms with E-state index in [4.69, 9.17) is 9.88 Å². The van der Waals surface area contributed by atoms with Gasteiger partial charge in [-0.15, -0.1) is 6.58 Å². The van der Waals surface area contributed by atoms with Gasteiger partial charge in [-0.2, -0.15) is 12.7 Å². The predicted octanol–water partition coefficient (Wildman–Crippen LogP) is 1.39. The quantitative estimate of drug-likeness (QED) is 0.600. The van der Waals surface area contributed by atoms with Gasteiger partial charge < -0.3 is 4.74 Å². The van der Waals surface area contributed by atoms with Crippen molar-refractivity contribution in [2.24, 2.45) is 5.14 Å². The molecule has 0 bridgehead atoms. The van der Waals surface area contributed by atoms with E-state index in [9.17, 15) is 13.2 Å². The van der Waals surface area contributed by atoms with Crippen LogP contribution in [0.5, 0.6) is 0 Å². The zero-order valence-electron chi connectivity index (χ0n) is 10.5. The number of nitrogens with two attached hydrogens (primary N) is 1. The van der Waals surface area contributed by atoms with Crippen LogP contribution in [0.3, 0.4) is 0 Å². The van der Waals surface area contributed by atoms with Crippen LogP contribution in [0.25, 0.3) is 0 Å². The van der Waals surface area contributed by atoms with E-state index in [0.717, 1.165) is 0 Å². The Bertz CT molecular complexity index is 370. The van der Waals surface area contributed by atoms with Crippen LogP contribution in [0.2, 0.25) is 0 Å². The number of hydrogen-bond donors (Lipinski definition) is 1. The van der Waals surface area contributed by atoms with Crippen LogP contribution in [0.1, 0.15) is 33.6 Å². The molecule has 0 fully saturated rings. The van der Waals surface area contributed by atoms with Gasteiger partial charge in [-0.3, -0.25) is 0 Å². The second kappa shape index (κ2) is 6.02. The zero-order valence-corrected chi connectivity index (χ0v) is 11.3. The second-order valence-electron chi connectivity index (χ2n) is 4.53. The fraction of sp³-hybridized carbons (Fsp3) is 0.700. The molecular formula is C10H20N2O4S. The minimum Gasteiger partial charge on any atom is -0.443 e. The number of amides is 1. The number of carbonyl (C=O) groups is 1. The Balaban J connectivity index is 4.70. The Morgan fingerprint density at radius 2 is 2.00 bits per heavy atom. The summed E-state index contributed by atoms with van der Waals surface area (Å²) in [4.78, 5) is 11.6. The molecule has 0 aliphatic rings. The van der Waals surface area contributed by atoms with Gasteiger partial charge in [-0.25, -0.2) is 9.93 Å². The average molecular weight is 264 g/mol. The van der Waals surface area contributed by atoms with Crippen LogP contribution < -0.4 is 5.14 Å². The fourth-order valence-corrected chi connectivity index (χ4v) is 1.64. The van der Waals surface area contributed by atoms with Gasteiger partial charge in [0.25, 0.3) is 0 Å². The topological polar surface area (TPSA) is 89.7 Å². The molecule has 6 nitrogen and oxygen atoms in total. The third-order valence-electron chi connectivity index (χ3n) is 1.67. The van der Waals surface area contributed by atoms with Crippen LogP contribution >= 0.6 is 0 Å². The first-order valence-corrected chi connectivity index (χ1v) is 6.72. The molecule has 0 atom stereocenters. The lowest BCUT2D eigenvalue weighted by Crippen LogP contribution is -2.44. The molecule has 0 radical (unpaired) electrons. The van der Waals surface area contributed by atoms with E-state index in [0.29, 0.717) is 17.1 Å². The Labute approximate surface area is 103 Å². The van der Waals surface area contributed by atoms with Crippen molar-refractivity contribution in [3.05, 3.63) is 12.7 Å². The maximum absolute atomic E-state index is 11.6. The van der Waals surface area contributed by atoms with Crippen molar-refractivity contribution in [2.45, 2.75) is 39.2 Å². The number of rotatable bonds is 5. The summed E-state index contributed by atoms with van der Waals surface area (Å²) >= 11 is 0. The predicted molar refractivity (Wildman–Crippen MR) is 65.5 cm³/mol. The zero-order chi connectivity index (χ0) is 13.7. The standard InChI is InChI=1S/C10H20N2O4S/c1-5-6-7-8-12(17(11,14)15)9(13)16-10(2,3)4/h5H,1,6-8H2,2-4H3,(H2,11,14,15). The molecule has 0 unspecified atom stereocenters. The van der Waals surface area contributed by atoms with Gasteiger partial charge in [0.2, 0.25) is 0 Å². The number of hydrogen-bond acceptors (Lipinski definition) is 4. The molecule has 0 aromatic heterocycles. The van der Waals surface area contributed by atoms with Crippen molar-refractivity contribution >= 4 is 16.3 Å². The third-order valence-corrected chi connectivity index (χ3v) is 2.62. The highest BCUT2D eigenvalue weighted by Gasteiger charge is 2.28. The molecule has 0 rings (SSSR count). The summed E-state index contributed by atoms with van der Waals surface area (Å²) in [6.45, 7) is 8.44. The van der Waals surface area contributed by atoms with Gasteiger partial charge in [-0.05, 0) is 33.6 Å². The van der Waals surface area contributed by atoms with Gasteiger partial charge in [0.1, 0.15) is 5.60 Å². The van der Waals surface area contributed by atoms with Gasteiger partial charge in [-0.1, -0.05) is 6.08 Å². The molecule has 100 valence electrons. The van der Waals surface area contributed by atoms with Gasteiger partial charge in [0.05, 0.1) is 0 Å². The summed E-state index contributed by atoms with van der Waals surface area (Å²) in [6.07, 6.45) is 1.73. The molecule has 0 aromatic rings. The molecule has 0 aromatic carbocycles. The van der Waals surface area contributed by atoms with Crippen LogP contribution in [-0.4, -0.2) is 31.0 Å². The van der Waals surface area contributed by atoms with Gasteiger partial charge in [0, 0.05) is 6.54 Å². The molecule has 0 aliphatic heterocycles. The molecule has 1 amide bonds. The van der Waals surface area contributed by atoms with Crippen LogP contribution in [0, 0.1) is 0 Å². The molecule has 0 heterocycles. The maximum Gasteiger partial charge on any atom is 0.425 e. The summed E-state index contributed by atoms with van der Waals surface area (Å²) in [5.41, 5.74) is -0.765. The van der Waals surface area contributed by atoms with E-state index in [-0.39, 0.29) is 6.54 Å². The third kappa shape index (κ3) is 6.96. The van der Waals surface area contributed by atoms with E-state index in [1.54, 1.807) is 26.8 Å². The molecule has 0 aliphatic carbocycles. The van der Waals surface area contributed by atoms with Crippen LogP contribution in [0.15, 0.2) is 12.7 Å². The summed E-state index contributed by atoms with van der Waals surface area (Å²) < 4.78 is 27.9. The van der Waals surface area contributed by atoms with Gasteiger partial charge >= 0.3 is 16.3 Å². The van der Waals surface area contributed by atoms with E-state index in [1.165, 1.54) is 0 Å². The van der Waals surface area contributed by atoms with Gasteiger partial charge in [0.15, 0.2) is 0 Å². The summed E-state index contributed by atoms with van der Waals surface area (Å²) in [7, 11) is -4.09. The smallest absolute Gasteiger partial charge is 0.425 e. The lowest BCUT2D eigenvalue weighted by Gasteiger charge is -2.25. The van der Waals surface area contributed by atoms with E-state index in [1.807, 2.05) is 0 Å². The van der Waals surface area contributed by atoms with E-state index < -0.39 is 21.9 Å². The monoisotopic (exact) mass is 264 g/mol. The molecule has 0 saturated heterocycles. The molecule has 0 saturated carbocycles. The Hall–Kier alpha value is -1.08. The van der Waals surface area contributed by atoms with Crippen molar-refractivity contribution in [1.82, 2.24) is 4.31 Å². The largest absolute Gasteiger partial charge is 0.443 e. The van der Waals surface area contributed by atoms with Crippen molar-refractivity contribution in [2.75, 3.05) is 6.54 Å². The summed E-state index contributed by atoms with van der Waals surface area (Å²) in [5.74, 6) is 0. The number of ether oxygens (including phenoxy) is 1. The Morgan fingerprint density at radius 1 is 1.47 bits per heavy atom. The Morgan fingerprint density at radius 3 is 2.35 bits per heavy atom. The maximum atomic E-state index is 11.6. The van der Waals surface area contributed by atoms with Crippen LogP contribution in [-0.2, 0) is 14.9 Å². The molecule has 0 spiro atoms. The molecular weight excluding hydrogens is 244 g/mol. The molecule has 17 heavy (non-hydrogen) atoms. The molecule has 7 heteroatoms. The number of unbranched alkanes of at least 4 members (excludes halogenated alkanes) is 1. The first-order valence-electron chi connectivity index (χ1n) is 5.22. The highest BCUT2D eigenvalue weighted by Crippen LogP contribution is 2.12. The van der Waals surface area contributed by atoms with Crippen molar-refractivity contribution in [3.8, 4) is 0 Å². The van der Waals surface area contributed by atoms with Crippen LogP contribution in [0.4, 0.5) is 4.79 Å².